The van der Waals surface area contributed by atoms with Crippen LogP contribution in [0, 0.1) is 0 Å². The van der Waals surface area contributed by atoms with E-state index in [1.165, 1.54) is 0 Å². The lowest BCUT2D eigenvalue weighted by Crippen LogP contribution is -1.86. The minimum Gasteiger partial charge on any atom is -0.481 e. The molecule has 1 aromatic carbocycles. The van der Waals surface area contributed by atoms with Crippen LogP contribution in [0.4, 0.5) is 0 Å². The zero-order chi connectivity index (χ0) is 16.0. The van der Waals surface area contributed by atoms with Crippen molar-refractivity contribution in [1.82, 2.24) is 0 Å². The molecule has 0 saturated heterocycles. The summed E-state index contributed by atoms with van der Waals surface area (Å²) in [5.41, 5.74) is 1.68. The highest BCUT2D eigenvalue weighted by molar-refractivity contribution is 5.66. The molecule has 0 aliphatic carbocycles. The van der Waals surface area contributed by atoms with Gasteiger partial charge in [0.15, 0.2) is 0 Å². The molecule has 0 amide bonds. The van der Waals surface area contributed by atoms with E-state index in [0.717, 1.165) is 11.1 Å². The largest absolute Gasteiger partial charge is 0.481 e. The lowest BCUT2D eigenvalue weighted by Gasteiger charge is -1.97. The van der Waals surface area contributed by atoms with Gasteiger partial charge < -0.3 is 20.4 Å². The third kappa shape index (κ3) is 14.1. The Morgan fingerprint density at radius 1 is 0.900 bits per heavy atom. The van der Waals surface area contributed by atoms with Gasteiger partial charge in [0.1, 0.15) is 0 Å². The molecule has 0 unspecified atom stereocenters. The Bertz CT molecular complexity index is 356. The van der Waals surface area contributed by atoms with Gasteiger partial charge in [0.25, 0.3) is 0 Å². The van der Waals surface area contributed by atoms with Gasteiger partial charge in [0.2, 0.25) is 0 Å². The molecule has 0 heterocycles. The van der Waals surface area contributed by atoms with Crippen LogP contribution in [0.15, 0.2) is 24.3 Å². The van der Waals surface area contributed by atoms with Crippen LogP contribution < -0.4 is 0 Å². The minimum atomic E-state index is -0.745. The Morgan fingerprint density at radius 2 is 1.20 bits per heavy atom. The molecule has 4 N–H and O–H groups in total. The van der Waals surface area contributed by atoms with Gasteiger partial charge in [-0.15, -0.1) is 0 Å². The van der Waals surface area contributed by atoms with E-state index in [1.54, 1.807) is 19.9 Å². The van der Waals surface area contributed by atoms with E-state index >= 15 is 0 Å². The monoisotopic (exact) mass is 286 g/mol. The third-order valence-electron chi connectivity index (χ3n) is 1.96. The van der Waals surface area contributed by atoms with E-state index in [0.29, 0.717) is 0 Å². The number of hydrogen-bond acceptors (Lipinski definition) is 4. The zero-order valence-electron chi connectivity index (χ0n) is 11.7. The van der Waals surface area contributed by atoms with Crippen molar-refractivity contribution in [1.29, 1.82) is 0 Å². The van der Waals surface area contributed by atoms with Gasteiger partial charge in [-0.1, -0.05) is 38.1 Å². The van der Waals surface area contributed by atoms with E-state index < -0.39 is 11.9 Å². The first kappa shape index (κ1) is 20.4. The Morgan fingerprint density at radius 3 is 1.40 bits per heavy atom. The van der Waals surface area contributed by atoms with Crippen LogP contribution in [-0.4, -0.2) is 32.4 Å². The first-order valence-electron chi connectivity index (χ1n) is 6.14. The van der Waals surface area contributed by atoms with Crippen molar-refractivity contribution in [2.75, 3.05) is 0 Å². The van der Waals surface area contributed by atoms with Crippen LogP contribution in [0.5, 0.6) is 0 Å². The van der Waals surface area contributed by atoms with Crippen molar-refractivity contribution in [2.24, 2.45) is 0 Å². The molecular weight excluding hydrogens is 264 g/mol. The fraction of sp³-hybridized carbons (Fsp3) is 0.429. The first-order chi connectivity index (χ1) is 9.40. The molecule has 0 fully saturated rings. The summed E-state index contributed by atoms with van der Waals surface area (Å²) in [5, 5.41) is 32.8. The molecule has 0 saturated carbocycles. The Hall–Kier alpha value is -1.92. The summed E-state index contributed by atoms with van der Waals surface area (Å²) in [6.45, 7) is 3.27. The summed E-state index contributed by atoms with van der Waals surface area (Å²) < 4.78 is 0. The number of carbonyl (C=O) groups is 2. The predicted octanol–water partition coefficient (Wildman–Crippen LogP) is 1.63. The average Bonchev–Trinajstić information content (AvgIpc) is 2.48. The minimum absolute atomic E-state index is 0.0356. The molecule has 0 aliphatic rings. The van der Waals surface area contributed by atoms with E-state index in [1.807, 2.05) is 18.2 Å². The SMILES string of the molecule is CCC(=O)O.CCC(=O)O.OCc1cccc(CO)c1. The van der Waals surface area contributed by atoms with E-state index in [4.69, 9.17) is 20.4 Å². The maximum atomic E-state index is 9.37. The lowest BCUT2D eigenvalue weighted by molar-refractivity contribution is -0.137. The number of aliphatic hydroxyl groups excluding tert-OH is 2. The highest BCUT2D eigenvalue weighted by Gasteiger charge is 1.91. The quantitative estimate of drug-likeness (QED) is 0.668. The second-order valence-corrected chi connectivity index (χ2v) is 3.63. The van der Waals surface area contributed by atoms with Crippen molar-refractivity contribution in [3.8, 4) is 0 Å². The Labute approximate surface area is 118 Å². The number of benzene rings is 1. The van der Waals surface area contributed by atoms with Crippen LogP contribution in [0.25, 0.3) is 0 Å². The second kappa shape index (κ2) is 13.5. The molecule has 114 valence electrons. The molecule has 0 radical (unpaired) electrons. The van der Waals surface area contributed by atoms with Crippen LogP contribution in [0.2, 0.25) is 0 Å². The number of aliphatic hydroxyl groups is 2. The first-order valence-corrected chi connectivity index (χ1v) is 6.14. The number of hydrogen-bond donors (Lipinski definition) is 4. The van der Waals surface area contributed by atoms with Crippen molar-refractivity contribution in [3.05, 3.63) is 35.4 Å². The molecule has 1 rings (SSSR count). The highest BCUT2D eigenvalue weighted by Crippen LogP contribution is 2.04. The van der Waals surface area contributed by atoms with Crippen LogP contribution >= 0.6 is 0 Å². The molecule has 0 aliphatic heterocycles. The highest BCUT2D eigenvalue weighted by atomic mass is 16.4. The van der Waals surface area contributed by atoms with Crippen LogP contribution in [0.1, 0.15) is 37.8 Å². The maximum absolute atomic E-state index is 9.37. The van der Waals surface area contributed by atoms with Crippen LogP contribution in [0.3, 0.4) is 0 Å². The summed E-state index contributed by atoms with van der Waals surface area (Å²) in [4.78, 5) is 18.7. The number of carboxylic acids is 2. The van der Waals surface area contributed by atoms with Crippen molar-refractivity contribution in [3.63, 3.8) is 0 Å². The van der Waals surface area contributed by atoms with Crippen molar-refractivity contribution >= 4 is 11.9 Å². The molecule has 0 aromatic heterocycles. The maximum Gasteiger partial charge on any atom is 0.303 e. The van der Waals surface area contributed by atoms with E-state index in [2.05, 4.69) is 0 Å². The number of rotatable bonds is 4. The van der Waals surface area contributed by atoms with Gasteiger partial charge in [-0.3, -0.25) is 9.59 Å². The third-order valence-corrected chi connectivity index (χ3v) is 1.96. The fourth-order valence-electron chi connectivity index (χ4n) is 0.826. The van der Waals surface area contributed by atoms with Gasteiger partial charge in [-0.2, -0.15) is 0 Å². The summed E-state index contributed by atoms with van der Waals surface area (Å²) in [6.07, 6.45) is 0.444. The second-order valence-electron chi connectivity index (χ2n) is 3.63. The summed E-state index contributed by atoms with van der Waals surface area (Å²) >= 11 is 0. The van der Waals surface area contributed by atoms with Crippen molar-refractivity contribution in [2.45, 2.75) is 39.9 Å². The molecule has 0 bridgehead atoms. The van der Waals surface area contributed by atoms with Gasteiger partial charge >= 0.3 is 11.9 Å². The van der Waals surface area contributed by atoms with E-state index in [9.17, 15) is 9.59 Å². The van der Waals surface area contributed by atoms with Crippen LogP contribution in [-0.2, 0) is 22.8 Å². The molecule has 0 atom stereocenters. The lowest BCUT2D eigenvalue weighted by atomic mass is 10.1. The van der Waals surface area contributed by atoms with Gasteiger partial charge in [-0.25, -0.2) is 0 Å². The molecule has 6 nitrogen and oxygen atoms in total. The molecule has 0 spiro atoms. The summed E-state index contributed by atoms with van der Waals surface area (Å²) in [5.74, 6) is -1.49. The van der Waals surface area contributed by atoms with E-state index in [-0.39, 0.29) is 26.1 Å². The predicted molar refractivity (Wildman–Crippen MR) is 74.1 cm³/mol. The average molecular weight is 286 g/mol. The summed E-state index contributed by atoms with van der Waals surface area (Å²) in [7, 11) is 0. The summed E-state index contributed by atoms with van der Waals surface area (Å²) in [6, 6.07) is 7.23. The molecule has 20 heavy (non-hydrogen) atoms. The Balaban J connectivity index is 0. The molecule has 1 aromatic rings. The van der Waals surface area contributed by atoms with Crippen molar-refractivity contribution < 1.29 is 30.0 Å². The zero-order valence-corrected chi connectivity index (χ0v) is 11.7. The smallest absolute Gasteiger partial charge is 0.303 e. The van der Waals surface area contributed by atoms with Gasteiger partial charge in [-0.05, 0) is 11.1 Å². The van der Waals surface area contributed by atoms with Gasteiger partial charge in [0, 0.05) is 12.8 Å². The number of carboxylic acid groups (broad SMARTS) is 2. The fourth-order valence-corrected chi connectivity index (χ4v) is 0.826. The standard InChI is InChI=1S/C8H10O2.2C3H6O2/c9-5-7-2-1-3-8(4-7)6-10;2*1-2-3(4)5/h1-4,9-10H,5-6H2;2*2H2,1H3,(H,4,5). The topological polar surface area (TPSA) is 115 Å². The Kier molecular flexibility index (Phi) is 13.8. The molecule has 6 heteroatoms. The van der Waals surface area contributed by atoms with Gasteiger partial charge in [0.05, 0.1) is 13.2 Å². The molecular formula is C14H22O6. The number of aliphatic carboxylic acids is 2. The normalized spacial score (nSPS) is 8.60.